The molecule has 0 aliphatic carbocycles. The second-order valence-electron chi connectivity index (χ2n) is 7.88. The van der Waals surface area contributed by atoms with Crippen LogP contribution in [0.5, 0.6) is 11.5 Å². The quantitative estimate of drug-likeness (QED) is 0.757. The Bertz CT molecular complexity index is 864. The summed E-state index contributed by atoms with van der Waals surface area (Å²) in [5.41, 5.74) is 1.01. The van der Waals surface area contributed by atoms with Crippen molar-refractivity contribution in [2.24, 2.45) is 5.41 Å². The van der Waals surface area contributed by atoms with Crippen molar-refractivity contribution in [3.63, 3.8) is 0 Å². The van der Waals surface area contributed by atoms with E-state index in [1.165, 1.54) is 0 Å². The molecule has 30 heavy (non-hydrogen) atoms. The summed E-state index contributed by atoms with van der Waals surface area (Å²) in [4.78, 5) is 27.7. The molecule has 2 aromatic carbocycles. The van der Waals surface area contributed by atoms with E-state index in [0.29, 0.717) is 31.8 Å². The van der Waals surface area contributed by atoms with Gasteiger partial charge in [0.15, 0.2) is 0 Å². The Morgan fingerprint density at radius 1 is 1.07 bits per heavy atom. The van der Waals surface area contributed by atoms with Crippen molar-refractivity contribution in [1.29, 1.82) is 0 Å². The first-order valence-electron chi connectivity index (χ1n) is 10.4. The summed E-state index contributed by atoms with van der Waals surface area (Å²) in [6.45, 7) is 5.97. The van der Waals surface area contributed by atoms with E-state index in [4.69, 9.17) is 9.47 Å². The topological polar surface area (TPSA) is 67.9 Å². The van der Waals surface area contributed by atoms with Gasteiger partial charge in [0, 0.05) is 25.2 Å². The fourth-order valence-corrected chi connectivity index (χ4v) is 3.78. The van der Waals surface area contributed by atoms with Crippen LogP contribution >= 0.6 is 0 Å². The van der Waals surface area contributed by atoms with E-state index in [1.807, 2.05) is 38.1 Å². The Hall–Kier alpha value is -3.02. The number of rotatable bonds is 7. The van der Waals surface area contributed by atoms with E-state index >= 15 is 0 Å². The summed E-state index contributed by atoms with van der Waals surface area (Å²) in [5.74, 6) is 1.46. The molecule has 1 aliphatic rings. The van der Waals surface area contributed by atoms with Gasteiger partial charge in [0.05, 0.1) is 19.1 Å². The highest BCUT2D eigenvalue weighted by Crippen LogP contribution is 2.31. The lowest BCUT2D eigenvalue weighted by molar-refractivity contribution is -0.132. The average Bonchev–Trinajstić information content (AvgIpc) is 2.78. The molecular weight excluding hydrogens is 380 g/mol. The molecule has 6 heteroatoms. The number of piperidine rings is 1. The van der Waals surface area contributed by atoms with Crippen LogP contribution in [0.1, 0.15) is 42.6 Å². The van der Waals surface area contributed by atoms with E-state index in [1.54, 1.807) is 36.3 Å². The van der Waals surface area contributed by atoms with Crippen LogP contribution in [0.2, 0.25) is 0 Å². The summed E-state index contributed by atoms with van der Waals surface area (Å²) >= 11 is 0. The van der Waals surface area contributed by atoms with E-state index in [-0.39, 0.29) is 11.8 Å². The molecule has 1 unspecified atom stereocenters. The summed E-state index contributed by atoms with van der Waals surface area (Å²) in [5, 5.41) is 3.03. The number of likely N-dealkylation sites (tertiary alicyclic amines) is 1. The lowest BCUT2D eigenvalue weighted by atomic mass is 9.80. The normalized spacial score (nSPS) is 18.6. The largest absolute Gasteiger partial charge is 0.497 e. The van der Waals surface area contributed by atoms with Gasteiger partial charge >= 0.3 is 0 Å². The second kappa shape index (κ2) is 9.65. The van der Waals surface area contributed by atoms with Gasteiger partial charge in [-0.2, -0.15) is 0 Å². The van der Waals surface area contributed by atoms with Crippen molar-refractivity contribution in [1.82, 2.24) is 10.2 Å². The van der Waals surface area contributed by atoms with Gasteiger partial charge in [0.1, 0.15) is 11.5 Å². The fourth-order valence-electron chi connectivity index (χ4n) is 3.78. The molecule has 0 aromatic heterocycles. The number of hydrogen-bond acceptors (Lipinski definition) is 4. The van der Waals surface area contributed by atoms with Crippen molar-refractivity contribution in [3.8, 4) is 11.5 Å². The molecule has 0 saturated carbocycles. The lowest BCUT2D eigenvalue weighted by Crippen LogP contribution is -2.51. The van der Waals surface area contributed by atoms with Crippen molar-refractivity contribution < 1.29 is 19.1 Å². The molecule has 0 radical (unpaired) electrons. The van der Waals surface area contributed by atoms with Gasteiger partial charge in [0.2, 0.25) is 5.91 Å². The zero-order chi connectivity index (χ0) is 21.6. The number of amides is 2. The first-order valence-corrected chi connectivity index (χ1v) is 10.4. The number of carbonyl (C=O) groups excluding carboxylic acids is 2. The Morgan fingerprint density at radius 3 is 2.37 bits per heavy atom. The predicted molar refractivity (Wildman–Crippen MR) is 116 cm³/mol. The van der Waals surface area contributed by atoms with Gasteiger partial charge in [-0.1, -0.05) is 12.1 Å². The van der Waals surface area contributed by atoms with Crippen LogP contribution in [-0.4, -0.2) is 43.5 Å². The maximum absolute atomic E-state index is 13.0. The number of nitrogens with one attached hydrogen (secondary N) is 1. The maximum atomic E-state index is 13.0. The lowest BCUT2D eigenvalue weighted by Gasteiger charge is -2.39. The number of nitrogens with zero attached hydrogens (tertiary/aromatic N) is 1. The molecule has 1 fully saturated rings. The van der Waals surface area contributed by atoms with Crippen LogP contribution < -0.4 is 14.8 Å². The molecule has 0 spiro atoms. The van der Waals surface area contributed by atoms with Crippen LogP contribution in [-0.2, 0) is 11.3 Å². The molecule has 2 amide bonds. The summed E-state index contributed by atoms with van der Waals surface area (Å²) < 4.78 is 10.6. The highest BCUT2D eigenvalue weighted by Gasteiger charge is 2.39. The average molecular weight is 411 g/mol. The Balaban J connectivity index is 1.61. The molecule has 1 N–H and O–H groups in total. The molecule has 1 aliphatic heterocycles. The minimum absolute atomic E-state index is 0.0255. The molecule has 3 rings (SSSR count). The van der Waals surface area contributed by atoms with Gasteiger partial charge in [-0.05, 0) is 68.7 Å². The first-order chi connectivity index (χ1) is 14.4. The van der Waals surface area contributed by atoms with Crippen LogP contribution in [0.3, 0.4) is 0 Å². The second-order valence-corrected chi connectivity index (χ2v) is 7.88. The highest BCUT2D eigenvalue weighted by atomic mass is 16.5. The smallest absolute Gasteiger partial charge is 0.253 e. The summed E-state index contributed by atoms with van der Waals surface area (Å²) in [6, 6.07) is 14.8. The first kappa shape index (κ1) is 21.7. The third-order valence-corrected chi connectivity index (χ3v) is 5.56. The molecule has 0 bridgehead atoms. The van der Waals surface area contributed by atoms with Crippen LogP contribution in [0.25, 0.3) is 0 Å². The van der Waals surface area contributed by atoms with Crippen LogP contribution in [0, 0.1) is 5.41 Å². The standard InChI is InChI=1S/C24H30N2O4/c1-4-30-21-12-8-19(9-13-21)22(27)26-15-5-14-24(2,17-26)23(28)25-16-18-6-10-20(29-3)11-7-18/h6-13H,4-5,14-17H2,1-3H3,(H,25,28). The minimum atomic E-state index is -0.606. The van der Waals surface area contributed by atoms with Gasteiger partial charge in [-0.15, -0.1) is 0 Å². The fraction of sp³-hybridized carbons (Fsp3) is 0.417. The SMILES string of the molecule is CCOc1ccc(C(=O)N2CCCC(C)(C(=O)NCc3ccc(OC)cc3)C2)cc1. The van der Waals surface area contributed by atoms with Crippen molar-refractivity contribution in [2.75, 3.05) is 26.8 Å². The Kier molecular flexibility index (Phi) is 6.98. The summed E-state index contributed by atoms with van der Waals surface area (Å²) in [7, 11) is 1.63. The molecular formula is C24H30N2O4. The third kappa shape index (κ3) is 5.12. The van der Waals surface area contributed by atoms with Crippen molar-refractivity contribution in [3.05, 3.63) is 59.7 Å². The van der Waals surface area contributed by atoms with E-state index in [9.17, 15) is 9.59 Å². The van der Waals surface area contributed by atoms with E-state index in [2.05, 4.69) is 5.32 Å². The predicted octanol–water partition coefficient (Wildman–Crippen LogP) is 3.65. The summed E-state index contributed by atoms with van der Waals surface area (Å²) in [6.07, 6.45) is 1.56. The molecule has 160 valence electrons. The van der Waals surface area contributed by atoms with Gasteiger partial charge in [-0.3, -0.25) is 9.59 Å². The highest BCUT2D eigenvalue weighted by molar-refractivity contribution is 5.95. The molecule has 1 atom stereocenters. The maximum Gasteiger partial charge on any atom is 0.253 e. The van der Waals surface area contributed by atoms with Gasteiger partial charge in [0.25, 0.3) is 5.91 Å². The Morgan fingerprint density at radius 2 is 1.73 bits per heavy atom. The number of benzene rings is 2. The molecule has 6 nitrogen and oxygen atoms in total. The monoisotopic (exact) mass is 410 g/mol. The van der Waals surface area contributed by atoms with Crippen molar-refractivity contribution >= 4 is 11.8 Å². The van der Waals surface area contributed by atoms with Crippen LogP contribution in [0.4, 0.5) is 0 Å². The van der Waals surface area contributed by atoms with Gasteiger partial charge < -0.3 is 19.7 Å². The van der Waals surface area contributed by atoms with Crippen molar-refractivity contribution in [2.45, 2.75) is 33.2 Å². The zero-order valence-corrected chi connectivity index (χ0v) is 17.9. The van der Waals surface area contributed by atoms with Crippen LogP contribution in [0.15, 0.2) is 48.5 Å². The minimum Gasteiger partial charge on any atom is -0.497 e. The van der Waals surface area contributed by atoms with E-state index < -0.39 is 5.41 Å². The van der Waals surface area contributed by atoms with Gasteiger partial charge in [-0.25, -0.2) is 0 Å². The number of methoxy groups -OCH3 is 1. The number of hydrogen-bond donors (Lipinski definition) is 1. The number of ether oxygens (including phenoxy) is 2. The molecule has 1 heterocycles. The number of carbonyl (C=O) groups is 2. The third-order valence-electron chi connectivity index (χ3n) is 5.56. The molecule has 2 aromatic rings. The zero-order valence-electron chi connectivity index (χ0n) is 17.9. The Labute approximate surface area is 178 Å². The molecule has 1 saturated heterocycles. The van der Waals surface area contributed by atoms with E-state index in [0.717, 1.165) is 29.9 Å².